The Labute approximate surface area is 109 Å². The molecule has 1 N–H and O–H groups in total. The topological polar surface area (TPSA) is 29.1 Å². The van der Waals surface area contributed by atoms with Gasteiger partial charge in [-0.2, -0.15) is 0 Å². The number of hydrogen-bond donors (Lipinski definition) is 1. The summed E-state index contributed by atoms with van der Waals surface area (Å²) in [5, 5.41) is 3.37. The molecule has 1 aliphatic carbocycles. The summed E-state index contributed by atoms with van der Waals surface area (Å²) >= 11 is 2.16. The molecular weight excluding hydrogens is 313 g/mol. The number of ketones is 1. The fourth-order valence-electron chi connectivity index (χ4n) is 1.78. The maximum Gasteiger partial charge on any atom is 0.170 e. The molecule has 3 heteroatoms. The van der Waals surface area contributed by atoms with Crippen LogP contribution < -0.4 is 5.32 Å². The Kier molecular flexibility index (Phi) is 3.98. The zero-order chi connectivity index (χ0) is 11.4. The average Bonchev–Trinajstić information content (AvgIpc) is 2.32. The molecule has 2 rings (SSSR count). The van der Waals surface area contributed by atoms with E-state index in [1.165, 1.54) is 5.56 Å². The molecule has 0 saturated heterocycles. The number of hydrogen-bond acceptors (Lipinski definition) is 2. The van der Waals surface area contributed by atoms with Crippen molar-refractivity contribution in [2.75, 3.05) is 0 Å². The van der Waals surface area contributed by atoms with Crippen LogP contribution in [0.25, 0.3) is 0 Å². The minimum absolute atomic E-state index is 0.280. The first kappa shape index (κ1) is 11.6. The molecule has 0 atom stereocenters. The lowest BCUT2D eigenvalue weighted by Crippen LogP contribution is -2.19. The highest BCUT2D eigenvalue weighted by atomic mass is 127. The van der Waals surface area contributed by atoms with E-state index in [-0.39, 0.29) is 5.78 Å². The molecule has 0 fully saturated rings. The number of nitrogens with one attached hydrogen (secondary N) is 1. The number of benzene rings is 1. The molecule has 16 heavy (non-hydrogen) atoms. The summed E-state index contributed by atoms with van der Waals surface area (Å²) in [5.41, 5.74) is 2.36. The Bertz CT molecular complexity index is 411. The van der Waals surface area contributed by atoms with E-state index >= 15 is 0 Å². The van der Waals surface area contributed by atoms with Crippen LogP contribution in [0.15, 0.2) is 39.6 Å². The molecule has 0 aliphatic heterocycles. The van der Waals surface area contributed by atoms with Gasteiger partial charge in [0.25, 0.3) is 0 Å². The van der Waals surface area contributed by atoms with Crippen LogP contribution in [0.2, 0.25) is 0 Å². The third-order valence-electron chi connectivity index (χ3n) is 2.69. The molecule has 1 aliphatic rings. The van der Waals surface area contributed by atoms with Crippen molar-refractivity contribution in [3.05, 3.63) is 45.2 Å². The van der Waals surface area contributed by atoms with Gasteiger partial charge in [0.2, 0.25) is 0 Å². The van der Waals surface area contributed by atoms with Gasteiger partial charge >= 0.3 is 0 Å². The Morgan fingerprint density at radius 2 is 1.94 bits per heavy atom. The molecule has 2 nitrogen and oxygen atoms in total. The highest BCUT2D eigenvalue weighted by Crippen LogP contribution is 2.25. The first-order chi connectivity index (χ1) is 7.77. The monoisotopic (exact) mass is 327 g/mol. The molecule has 0 saturated carbocycles. The summed E-state index contributed by atoms with van der Waals surface area (Å²) in [6, 6.07) is 10.2. The maximum atomic E-state index is 11.5. The zero-order valence-corrected chi connectivity index (χ0v) is 11.2. The molecule has 0 spiro atoms. The molecule has 0 heterocycles. The van der Waals surface area contributed by atoms with E-state index in [1.807, 2.05) is 18.2 Å². The third kappa shape index (κ3) is 2.84. The SMILES string of the molecule is O=C1CCCC(NCc2ccccc2)=C1I. The van der Waals surface area contributed by atoms with E-state index in [1.54, 1.807) is 0 Å². The number of carbonyl (C=O) groups is 1. The van der Waals surface area contributed by atoms with Gasteiger partial charge in [-0.25, -0.2) is 0 Å². The van der Waals surface area contributed by atoms with Gasteiger partial charge in [-0.15, -0.1) is 0 Å². The lowest BCUT2D eigenvalue weighted by Gasteiger charge is -2.17. The Balaban J connectivity index is 2.00. The number of halogens is 1. The van der Waals surface area contributed by atoms with Gasteiger partial charge in [0.05, 0.1) is 3.58 Å². The summed E-state index contributed by atoms with van der Waals surface area (Å²) in [7, 11) is 0. The van der Waals surface area contributed by atoms with Gasteiger partial charge in [-0.05, 0) is 41.0 Å². The molecule has 0 bridgehead atoms. The minimum atomic E-state index is 0.280. The molecule has 0 aromatic heterocycles. The van der Waals surface area contributed by atoms with Gasteiger partial charge in [0.15, 0.2) is 5.78 Å². The first-order valence-electron chi connectivity index (χ1n) is 5.47. The predicted molar refractivity (Wildman–Crippen MR) is 73.2 cm³/mol. The van der Waals surface area contributed by atoms with E-state index in [2.05, 4.69) is 40.0 Å². The lowest BCUT2D eigenvalue weighted by molar-refractivity contribution is -0.115. The smallest absolute Gasteiger partial charge is 0.170 e. The van der Waals surface area contributed by atoms with Crippen molar-refractivity contribution in [2.24, 2.45) is 0 Å². The Hall–Kier alpha value is -0.840. The summed E-state index contributed by atoms with van der Waals surface area (Å²) in [6.45, 7) is 0.802. The predicted octanol–water partition coefficient (Wildman–Crippen LogP) is 3.18. The second-order valence-electron chi connectivity index (χ2n) is 3.91. The molecule has 1 aromatic rings. The van der Waals surface area contributed by atoms with Crippen molar-refractivity contribution in [3.8, 4) is 0 Å². The molecular formula is C13H14INO. The fraction of sp³-hybridized carbons (Fsp3) is 0.308. The average molecular weight is 327 g/mol. The van der Waals surface area contributed by atoms with Crippen molar-refractivity contribution >= 4 is 28.4 Å². The van der Waals surface area contributed by atoms with Crippen molar-refractivity contribution in [1.82, 2.24) is 5.32 Å². The van der Waals surface area contributed by atoms with Crippen LogP contribution in [0, 0.1) is 0 Å². The van der Waals surface area contributed by atoms with Crippen LogP contribution >= 0.6 is 22.6 Å². The Morgan fingerprint density at radius 1 is 1.19 bits per heavy atom. The molecule has 84 valence electrons. The van der Waals surface area contributed by atoms with Crippen LogP contribution in [0.3, 0.4) is 0 Å². The summed E-state index contributed by atoms with van der Waals surface area (Å²) < 4.78 is 0.889. The Morgan fingerprint density at radius 3 is 2.69 bits per heavy atom. The zero-order valence-electron chi connectivity index (χ0n) is 9.00. The van der Waals surface area contributed by atoms with Gasteiger partial charge < -0.3 is 5.32 Å². The fourth-order valence-corrected chi connectivity index (χ4v) is 2.51. The molecule has 0 radical (unpaired) electrons. The minimum Gasteiger partial charge on any atom is -0.383 e. The second kappa shape index (κ2) is 5.48. The normalized spacial score (nSPS) is 16.4. The van der Waals surface area contributed by atoms with E-state index in [0.29, 0.717) is 6.42 Å². The quantitative estimate of drug-likeness (QED) is 0.864. The van der Waals surface area contributed by atoms with Crippen molar-refractivity contribution in [2.45, 2.75) is 25.8 Å². The van der Waals surface area contributed by atoms with Crippen molar-refractivity contribution in [3.63, 3.8) is 0 Å². The van der Waals surface area contributed by atoms with Crippen molar-refractivity contribution in [1.29, 1.82) is 0 Å². The van der Waals surface area contributed by atoms with Crippen LogP contribution in [-0.4, -0.2) is 5.78 Å². The van der Waals surface area contributed by atoms with Crippen LogP contribution in [0.5, 0.6) is 0 Å². The largest absolute Gasteiger partial charge is 0.383 e. The van der Waals surface area contributed by atoms with Gasteiger partial charge in [-0.1, -0.05) is 30.3 Å². The second-order valence-corrected chi connectivity index (χ2v) is 4.99. The van der Waals surface area contributed by atoms with Gasteiger partial charge in [-0.3, -0.25) is 4.79 Å². The van der Waals surface area contributed by atoms with E-state index in [4.69, 9.17) is 0 Å². The number of allylic oxidation sites excluding steroid dienone is 2. The third-order valence-corrected chi connectivity index (χ3v) is 3.94. The number of carbonyl (C=O) groups excluding carboxylic acids is 1. The number of rotatable bonds is 3. The van der Waals surface area contributed by atoms with Crippen LogP contribution in [0.1, 0.15) is 24.8 Å². The van der Waals surface area contributed by atoms with E-state index < -0.39 is 0 Å². The van der Waals surface area contributed by atoms with Crippen molar-refractivity contribution < 1.29 is 4.79 Å². The first-order valence-corrected chi connectivity index (χ1v) is 6.55. The summed E-state index contributed by atoms with van der Waals surface area (Å²) in [6.07, 6.45) is 2.67. The highest BCUT2D eigenvalue weighted by molar-refractivity contribution is 14.1. The van der Waals surface area contributed by atoms with Crippen LogP contribution in [-0.2, 0) is 11.3 Å². The lowest BCUT2D eigenvalue weighted by atomic mass is 10.0. The standard InChI is InChI=1S/C13H14INO/c14-13-11(7-4-8-12(13)16)15-9-10-5-2-1-3-6-10/h1-3,5-6,15H,4,7-9H2. The van der Waals surface area contributed by atoms with E-state index in [9.17, 15) is 4.79 Å². The summed E-state index contributed by atoms with van der Waals surface area (Å²) in [5.74, 6) is 0.280. The molecule has 1 aromatic carbocycles. The molecule has 0 unspecified atom stereocenters. The maximum absolute atomic E-state index is 11.5. The van der Waals surface area contributed by atoms with Crippen LogP contribution in [0.4, 0.5) is 0 Å². The highest BCUT2D eigenvalue weighted by Gasteiger charge is 2.17. The number of Topliss-reactive ketones (excluding diaryl/α,β-unsaturated/α-hetero) is 1. The van der Waals surface area contributed by atoms with Gasteiger partial charge in [0.1, 0.15) is 0 Å². The van der Waals surface area contributed by atoms with Gasteiger partial charge in [0, 0.05) is 18.7 Å². The summed E-state index contributed by atoms with van der Waals surface area (Å²) in [4.78, 5) is 11.5. The van der Waals surface area contributed by atoms with E-state index in [0.717, 1.165) is 28.7 Å². The molecule has 0 amide bonds.